The number of fused-ring (bicyclic) bond motifs is 1. The van der Waals surface area contributed by atoms with Gasteiger partial charge in [-0.15, -0.1) is 6.42 Å². The molecule has 6 heteroatoms. The summed E-state index contributed by atoms with van der Waals surface area (Å²) in [6.07, 6.45) is -0.0733. The monoisotopic (exact) mass is 306 g/mol. The average Bonchev–Trinajstić information content (AvgIpc) is 2.57. The standard InChI is InChI=1S/C16H18O6/c1-2-8-19-16-13(18)12(17)14-11(21-16)9-20-15(22-14)10-6-4-3-5-7-10/h1,3-7,11-18H,8-9H2/t11-,12-,13-,14-,15?,16-/m1/s1. The highest BCUT2D eigenvalue weighted by atomic mass is 16.8. The number of hydrogen-bond donors (Lipinski definition) is 2. The predicted octanol–water partition coefficient (Wildman–Crippen LogP) is 0.197. The van der Waals surface area contributed by atoms with Crippen LogP contribution in [-0.2, 0) is 18.9 Å². The van der Waals surface area contributed by atoms with Crippen LogP contribution >= 0.6 is 0 Å². The van der Waals surface area contributed by atoms with Crippen molar-refractivity contribution in [2.45, 2.75) is 37.0 Å². The number of hydrogen-bond acceptors (Lipinski definition) is 6. The van der Waals surface area contributed by atoms with Crippen molar-refractivity contribution in [2.75, 3.05) is 13.2 Å². The van der Waals surface area contributed by atoms with Crippen LogP contribution in [0.3, 0.4) is 0 Å². The van der Waals surface area contributed by atoms with Crippen molar-refractivity contribution in [1.29, 1.82) is 0 Å². The van der Waals surface area contributed by atoms with Crippen LogP contribution in [-0.4, -0.2) is 54.1 Å². The van der Waals surface area contributed by atoms with E-state index in [-0.39, 0.29) is 13.2 Å². The van der Waals surface area contributed by atoms with Crippen molar-refractivity contribution in [1.82, 2.24) is 0 Å². The van der Waals surface area contributed by atoms with Gasteiger partial charge in [0.15, 0.2) is 12.6 Å². The minimum atomic E-state index is -1.23. The lowest BCUT2D eigenvalue weighted by molar-refractivity contribution is -0.359. The Labute approximate surface area is 128 Å². The minimum absolute atomic E-state index is 0.0137. The molecule has 0 saturated carbocycles. The lowest BCUT2D eigenvalue weighted by atomic mass is 9.98. The molecule has 2 aliphatic heterocycles. The molecule has 0 amide bonds. The van der Waals surface area contributed by atoms with Crippen LogP contribution in [0.5, 0.6) is 0 Å². The van der Waals surface area contributed by atoms with Gasteiger partial charge >= 0.3 is 0 Å². The molecule has 0 bridgehead atoms. The van der Waals surface area contributed by atoms with Gasteiger partial charge in [-0.2, -0.15) is 0 Å². The van der Waals surface area contributed by atoms with Gasteiger partial charge in [-0.1, -0.05) is 36.3 Å². The molecule has 0 aromatic heterocycles. The molecule has 1 aromatic rings. The molecule has 118 valence electrons. The molecule has 2 N–H and O–H groups in total. The van der Waals surface area contributed by atoms with E-state index in [0.717, 1.165) is 5.56 Å². The fourth-order valence-corrected chi connectivity index (χ4v) is 2.63. The summed E-state index contributed by atoms with van der Waals surface area (Å²) in [4.78, 5) is 0. The molecule has 6 atom stereocenters. The maximum atomic E-state index is 10.3. The Bertz CT molecular complexity index is 525. The smallest absolute Gasteiger partial charge is 0.187 e. The van der Waals surface area contributed by atoms with E-state index >= 15 is 0 Å². The zero-order valence-corrected chi connectivity index (χ0v) is 11.9. The molecule has 2 heterocycles. The van der Waals surface area contributed by atoms with Crippen LogP contribution in [0, 0.1) is 12.3 Å². The fraction of sp³-hybridized carbons (Fsp3) is 0.500. The molecule has 1 aromatic carbocycles. The normalized spacial score (nSPS) is 38.0. The topological polar surface area (TPSA) is 77.4 Å². The third kappa shape index (κ3) is 3.01. The Balaban J connectivity index is 1.69. The Morgan fingerprint density at radius 2 is 1.95 bits per heavy atom. The number of terminal acetylenes is 1. The minimum Gasteiger partial charge on any atom is -0.387 e. The summed E-state index contributed by atoms with van der Waals surface area (Å²) in [5.41, 5.74) is 0.841. The van der Waals surface area contributed by atoms with Crippen LogP contribution in [0.25, 0.3) is 0 Å². The lowest BCUT2D eigenvalue weighted by Gasteiger charge is -2.46. The second kappa shape index (κ2) is 6.75. The van der Waals surface area contributed by atoms with E-state index < -0.39 is 37.0 Å². The molecule has 1 unspecified atom stereocenters. The van der Waals surface area contributed by atoms with Gasteiger partial charge in [0.05, 0.1) is 6.61 Å². The predicted molar refractivity (Wildman–Crippen MR) is 75.5 cm³/mol. The number of benzene rings is 1. The summed E-state index contributed by atoms with van der Waals surface area (Å²) in [7, 11) is 0. The summed E-state index contributed by atoms with van der Waals surface area (Å²) in [6, 6.07) is 9.39. The Morgan fingerprint density at radius 1 is 1.18 bits per heavy atom. The molecule has 0 aliphatic carbocycles. The van der Waals surface area contributed by atoms with Crippen molar-refractivity contribution in [3.05, 3.63) is 35.9 Å². The van der Waals surface area contributed by atoms with E-state index in [9.17, 15) is 10.2 Å². The Hall–Kier alpha value is -1.46. The first kappa shape index (κ1) is 15.4. The zero-order chi connectivity index (χ0) is 15.5. The van der Waals surface area contributed by atoms with Crippen molar-refractivity contribution >= 4 is 0 Å². The van der Waals surface area contributed by atoms with Crippen molar-refractivity contribution in [3.63, 3.8) is 0 Å². The number of rotatable bonds is 3. The number of aliphatic hydroxyl groups excluding tert-OH is 2. The summed E-state index contributed by atoms with van der Waals surface area (Å²) in [5, 5.41) is 20.3. The van der Waals surface area contributed by atoms with Crippen LogP contribution in [0.1, 0.15) is 11.9 Å². The molecular weight excluding hydrogens is 288 g/mol. The van der Waals surface area contributed by atoms with Crippen molar-refractivity contribution in [3.8, 4) is 12.3 Å². The van der Waals surface area contributed by atoms with Gasteiger partial charge < -0.3 is 29.2 Å². The van der Waals surface area contributed by atoms with Gasteiger partial charge in [-0.05, 0) is 0 Å². The highest BCUT2D eigenvalue weighted by Gasteiger charge is 2.49. The van der Waals surface area contributed by atoms with E-state index in [1.807, 2.05) is 30.3 Å². The lowest BCUT2D eigenvalue weighted by Crippen LogP contribution is -2.62. The summed E-state index contributed by atoms with van der Waals surface area (Å²) in [5.74, 6) is 2.29. The molecule has 3 rings (SSSR count). The first-order valence-electron chi connectivity index (χ1n) is 7.09. The largest absolute Gasteiger partial charge is 0.387 e. The summed E-state index contributed by atoms with van der Waals surface area (Å²) >= 11 is 0. The van der Waals surface area contributed by atoms with E-state index in [2.05, 4.69) is 5.92 Å². The summed E-state index contributed by atoms with van der Waals surface area (Å²) in [6.45, 7) is 0.212. The molecule has 2 saturated heterocycles. The highest BCUT2D eigenvalue weighted by molar-refractivity contribution is 5.16. The van der Waals surface area contributed by atoms with E-state index in [1.54, 1.807) is 0 Å². The van der Waals surface area contributed by atoms with Gasteiger partial charge in [-0.3, -0.25) is 0 Å². The van der Waals surface area contributed by atoms with Crippen LogP contribution < -0.4 is 0 Å². The van der Waals surface area contributed by atoms with Crippen LogP contribution in [0.2, 0.25) is 0 Å². The second-order valence-electron chi connectivity index (χ2n) is 5.22. The van der Waals surface area contributed by atoms with Crippen LogP contribution in [0.15, 0.2) is 30.3 Å². The van der Waals surface area contributed by atoms with Crippen LogP contribution in [0.4, 0.5) is 0 Å². The number of ether oxygens (including phenoxy) is 4. The van der Waals surface area contributed by atoms with Gasteiger partial charge in [0.25, 0.3) is 0 Å². The molecule has 22 heavy (non-hydrogen) atoms. The van der Waals surface area contributed by atoms with Crippen molar-refractivity contribution in [2.24, 2.45) is 0 Å². The second-order valence-corrected chi connectivity index (χ2v) is 5.22. The fourth-order valence-electron chi connectivity index (χ4n) is 2.63. The molecule has 0 spiro atoms. The maximum absolute atomic E-state index is 10.3. The zero-order valence-electron chi connectivity index (χ0n) is 11.9. The quantitative estimate of drug-likeness (QED) is 0.777. The van der Waals surface area contributed by atoms with Gasteiger partial charge in [-0.25, -0.2) is 0 Å². The third-order valence-corrected chi connectivity index (χ3v) is 3.74. The van der Waals surface area contributed by atoms with Gasteiger partial charge in [0.1, 0.15) is 31.0 Å². The highest BCUT2D eigenvalue weighted by Crippen LogP contribution is 2.34. The van der Waals surface area contributed by atoms with E-state index in [4.69, 9.17) is 25.4 Å². The van der Waals surface area contributed by atoms with E-state index in [1.165, 1.54) is 0 Å². The first-order chi connectivity index (χ1) is 10.7. The maximum Gasteiger partial charge on any atom is 0.187 e. The van der Waals surface area contributed by atoms with Gasteiger partial charge in [0.2, 0.25) is 0 Å². The number of aliphatic hydroxyl groups is 2. The Morgan fingerprint density at radius 3 is 2.68 bits per heavy atom. The van der Waals surface area contributed by atoms with Gasteiger partial charge in [0, 0.05) is 5.56 Å². The average molecular weight is 306 g/mol. The Kier molecular flexibility index (Phi) is 4.74. The molecule has 2 aliphatic rings. The third-order valence-electron chi connectivity index (χ3n) is 3.74. The molecule has 6 nitrogen and oxygen atoms in total. The molecular formula is C16H18O6. The molecule has 0 radical (unpaired) electrons. The SMILES string of the molecule is C#CCO[C@@H]1O[C@@H]2COC(c3ccccc3)O[C@H]2[C@H](O)[C@H]1O. The van der Waals surface area contributed by atoms with E-state index in [0.29, 0.717) is 0 Å². The first-order valence-corrected chi connectivity index (χ1v) is 7.09. The van der Waals surface area contributed by atoms with Crippen molar-refractivity contribution < 1.29 is 29.2 Å². The molecule has 2 fully saturated rings. The summed E-state index contributed by atoms with van der Waals surface area (Å²) < 4.78 is 22.2.